The number of nitrogens with zero attached hydrogens (tertiary/aromatic N) is 2. The van der Waals surface area contributed by atoms with Gasteiger partial charge in [0.25, 0.3) is 11.1 Å². The minimum absolute atomic E-state index is 0.00383. The summed E-state index contributed by atoms with van der Waals surface area (Å²) in [6.07, 6.45) is 1.18. The number of amides is 2. The maximum absolute atomic E-state index is 12.5. The van der Waals surface area contributed by atoms with Crippen molar-refractivity contribution < 1.29 is 24.7 Å². The van der Waals surface area contributed by atoms with Crippen molar-refractivity contribution in [1.29, 1.82) is 0 Å². The van der Waals surface area contributed by atoms with Gasteiger partial charge in [0, 0.05) is 17.7 Å². The Morgan fingerprint density at radius 2 is 1.76 bits per heavy atom. The summed E-state index contributed by atoms with van der Waals surface area (Å²) < 4.78 is 0. The van der Waals surface area contributed by atoms with Gasteiger partial charge in [-0.1, -0.05) is 18.2 Å². The standard InChI is InChI=1S/C16H10N2O6S/c19-12-8-13(20)11(18(23)24)6-9(12)7-14-15(21)17(16(22)25-14)10-4-2-1-3-5-10/h1-8,19-20H/b14-7-. The van der Waals surface area contributed by atoms with Gasteiger partial charge in [-0.05, 0) is 30.0 Å². The van der Waals surface area contributed by atoms with E-state index in [1.807, 2.05) is 0 Å². The van der Waals surface area contributed by atoms with Gasteiger partial charge in [0.05, 0.1) is 15.5 Å². The van der Waals surface area contributed by atoms with Crippen molar-refractivity contribution in [3.63, 3.8) is 0 Å². The molecule has 25 heavy (non-hydrogen) atoms. The topological polar surface area (TPSA) is 121 Å². The van der Waals surface area contributed by atoms with Gasteiger partial charge in [-0.25, -0.2) is 4.90 Å². The number of para-hydroxylation sites is 1. The lowest BCUT2D eigenvalue weighted by Gasteiger charge is -2.11. The van der Waals surface area contributed by atoms with Crippen LogP contribution in [0.4, 0.5) is 16.2 Å². The quantitative estimate of drug-likeness (QED) is 0.491. The third kappa shape index (κ3) is 3.04. The average Bonchev–Trinajstić information content (AvgIpc) is 2.84. The van der Waals surface area contributed by atoms with E-state index in [-0.39, 0.29) is 10.5 Å². The van der Waals surface area contributed by atoms with Gasteiger partial charge in [-0.2, -0.15) is 0 Å². The normalized spacial score (nSPS) is 15.8. The fourth-order valence-corrected chi connectivity index (χ4v) is 3.08. The second-order valence-electron chi connectivity index (χ2n) is 5.01. The Morgan fingerprint density at radius 3 is 2.40 bits per heavy atom. The van der Waals surface area contributed by atoms with Crippen molar-refractivity contribution in [2.24, 2.45) is 0 Å². The van der Waals surface area contributed by atoms with Gasteiger partial charge in [0.1, 0.15) is 5.75 Å². The van der Waals surface area contributed by atoms with Crippen LogP contribution in [-0.2, 0) is 4.79 Å². The van der Waals surface area contributed by atoms with E-state index in [9.17, 15) is 29.9 Å². The molecule has 8 nitrogen and oxygen atoms in total. The van der Waals surface area contributed by atoms with Gasteiger partial charge in [0.15, 0.2) is 5.75 Å². The van der Waals surface area contributed by atoms with Crippen molar-refractivity contribution in [1.82, 2.24) is 0 Å². The summed E-state index contributed by atoms with van der Waals surface area (Å²) in [5.74, 6) is -1.75. The molecule has 2 aromatic rings. The highest BCUT2D eigenvalue weighted by Crippen LogP contribution is 2.39. The summed E-state index contributed by atoms with van der Waals surface area (Å²) in [6, 6.07) is 10.0. The molecule has 2 amide bonds. The van der Waals surface area contributed by atoms with Gasteiger partial charge < -0.3 is 10.2 Å². The fraction of sp³-hybridized carbons (Fsp3) is 0. The van der Waals surface area contributed by atoms with Crippen molar-refractivity contribution >= 4 is 40.4 Å². The van der Waals surface area contributed by atoms with Crippen LogP contribution in [0, 0.1) is 10.1 Å². The molecule has 0 aliphatic carbocycles. The van der Waals surface area contributed by atoms with Gasteiger partial charge in [-0.3, -0.25) is 19.7 Å². The van der Waals surface area contributed by atoms with E-state index >= 15 is 0 Å². The van der Waals surface area contributed by atoms with Crippen LogP contribution in [-0.4, -0.2) is 26.3 Å². The molecule has 1 saturated heterocycles. The number of phenols is 2. The molecular formula is C16H10N2O6S. The number of rotatable bonds is 3. The summed E-state index contributed by atoms with van der Waals surface area (Å²) in [6.45, 7) is 0. The predicted octanol–water partition coefficient (Wildman–Crippen LogP) is 3.25. The van der Waals surface area contributed by atoms with E-state index in [1.54, 1.807) is 30.3 Å². The summed E-state index contributed by atoms with van der Waals surface area (Å²) in [4.78, 5) is 35.6. The second kappa shape index (κ2) is 6.29. The molecular weight excluding hydrogens is 348 g/mol. The van der Waals surface area contributed by atoms with Crippen LogP contribution >= 0.6 is 11.8 Å². The number of benzene rings is 2. The van der Waals surface area contributed by atoms with E-state index < -0.39 is 33.3 Å². The summed E-state index contributed by atoms with van der Waals surface area (Å²) in [5.41, 5.74) is -0.274. The maximum atomic E-state index is 12.5. The number of nitro groups is 1. The lowest BCUT2D eigenvalue weighted by molar-refractivity contribution is -0.385. The van der Waals surface area contributed by atoms with Crippen molar-refractivity contribution in [2.45, 2.75) is 0 Å². The molecule has 1 aliphatic heterocycles. The van der Waals surface area contributed by atoms with Crippen molar-refractivity contribution in [3.05, 3.63) is 63.0 Å². The summed E-state index contributed by atoms with van der Waals surface area (Å²) in [5, 5.41) is 29.7. The summed E-state index contributed by atoms with van der Waals surface area (Å²) in [7, 11) is 0. The lowest BCUT2D eigenvalue weighted by Crippen LogP contribution is -2.27. The fourth-order valence-electron chi connectivity index (χ4n) is 2.25. The third-order valence-corrected chi connectivity index (χ3v) is 4.28. The second-order valence-corrected chi connectivity index (χ2v) is 6.00. The van der Waals surface area contributed by atoms with Gasteiger partial charge in [0.2, 0.25) is 0 Å². The minimum atomic E-state index is -0.818. The van der Waals surface area contributed by atoms with E-state index in [0.29, 0.717) is 17.4 Å². The Morgan fingerprint density at radius 1 is 1.08 bits per heavy atom. The van der Waals surface area contributed by atoms with Gasteiger partial charge >= 0.3 is 5.69 Å². The first-order valence-electron chi connectivity index (χ1n) is 6.92. The van der Waals surface area contributed by atoms with Crippen molar-refractivity contribution in [2.75, 3.05) is 4.90 Å². The molecule has 2 N–H and O–H groups in total. The molecule has 2 aromatic carbocycles. The number of aromatic hydroxyl groups is 2. The molecule has 126 valence electrons. The molecule has 0 saturated carbocycles. The first-order valence-corrected chi connectivity index (χ1v) is 7.73. The van der Waals surface area contributed by atoms with Crippen LogP contribution in [0.5, 0.6) is 11.5 Å². The Kier molecular flexibility index (Phi) is 4.15. The molecule has 1 fully saturated rings. The molecule has 0 bridgehead atoms. The van der Waals surface area contributed by atoms with Crippen LogP contribution < -0.4 is 4.90 Å². The van der Waals surface area contributed by atoms with E-state index in [0.717, 1.165) is 17.0 Å². The molecule has 0 aromatic heterocycles. The number of phenolic OH excluding ortho intramolecular Hbond substituents is 2. The smallest absolute Gasteiger partial charge is 0.311 e. The number of imide groups is 1. The molecule has 1 heterocycles. The average molecular weight is 358 g/mol. The predicted molar refractivity (Wildman–Crippen MR) is 91.3 cm³/mol. The molecule has 9 heteroatoms. The largest absolute Gasteiger partial charge is 0.507 e. The molecule has 3 rings (SSSR count). The van der Waals surface area contributed by atoms with Crippen LogP contribution in [0.25, 0.3) is 6.08 Å². The van der Waals surface area contributed by atoms with E-state index in [4.69, 9.17) is 0 Å². The zero-order valence-electron chi connectivity index (χ0n) is 12.4. The van der Waals surface area contributed by atoms with Crippen LogP contribution in [0.1, 0.15) is 5.56 Å². The SMILES string of the molecule is O=C1S/C(=C\c2cc([N+](=O)[O-])c(O)cc2O)C(=O)N1c1ccccc1. The monoisotopic (exact) mass is 358 g/mol. The van der Waals surface area contributed by atoms with Gasteiger partial charge in [-0.15, -0.1) is 0 Å². The van der Waals surface area contributed by atoms with E-state index in [2.05, 4.69) is 0 Å². The first kappa shape index (κ1) is 16.5. The zero-order chi connectivity index (χ0) is 18.1. The molecule has 0 atom stereocenters. The highest BCUT2D eigenvalue weighted by molar-refractivity contribution is 8.19. The third-order valence-electron chi connectivity index (χ3n) is 3.42. The van der Waals surface area contributed by atoms with Crippen LogP contribution in [0.3, 0.4) is 0 Å². The number of carbonyl (C=O) groups excluding carboxylic acids is 2. The van der Waals surface area contributed by atoms with E-state index in [1.165, 1.54) is 6.08 Å². The Bertz CT molecular complexity index is 926. The number of carbonyl (C=O) groups is 2. The molecule has 0 unspecified atom stereocenters. The Hall–Kier alpha value is -3.33. The molecule has 0 spiro atoms. The number of anilines is 1. The molecule has 0 radical (unpaired) electrons. The highest BCUT2D eigenvalue weighted by Gasteiger charge is 2.36. The van der Waals surface area contributed by atoms with Crippen molar-refractivity contribution in [3.8, 4) is 11.5 Å². The summed E-state index contributed by atoms with van der Waals surface area (Å²) >= 11 is 0.654. The maximum Gasteiger partial charge on any atom is 0.311 e. The van der Waals surface area contributed by atoms with Crippen LogP contribution in [0.2, 0.25) is 0 Å². The number of hydrogen-bond acceptors (Lipinski definition) is 7. The lowest BCUT2D eigenvalue weighted by atomic mass is 10.1. The Balaban J connectivity index is 2.01. The number of hydrogen-bond donors (Lipinski definition) is 2. The highest BCUT2D eigenvalue weighted by atomic mass is 32.2. The Labute approximate surface area is 145 Å². The minimum Gasteiger partial charge on any atom is -0.507 e. The zero-order valence-corrected chi connectivity index (χ0v) is 13.3. The van der Waals surface area contributed by atoms with Crippen LogP contribution in [0.15, 0.2) is 47.4 Å². The molecule has 1 aliphatic rings. The number of nitro benzene ring substituents is 1. The number of thioether (sulfide) groups is 1. The first-order chi connectivity index (χ1) is 11.9.